The predicted octanol–water partition coefficient (Wildman–Crippen LogP) is 2.86. The molecule has 0 atom stereocenters. The van der Waals surface area contributed by atoms with Gasteiger partial charge in [0.25, 0.3) is 0 Å². The molecule has 0 unspecified atom stereocenters. The van der Waals surface area contributed by atoms with Crippen LogP contribution in [0.15, 0.2) is 18.2 Å². The summed E-state index contributed by atoms with van der Waals surface area (Å²) in [5, 5.41) is 6.51. The van der Waals surface area contributed by atoms with Crippen molar-refractivity contribution in [1.29, 1.82) is 0 Å². The van der Waals surface area contributed by atoms with Crippen molar-refractivity contribution in [2.75, 3.05) is 27.4 Å². The summed E-state index contributed by atoms with van der Waals surface area (Å²) < 4.78 is 5.53. The van der Waals surface area contributed by atoms with Crippen LogP contribution in [0.2, 0.25) is 0 Å². The summed E-state index contributed by atoms with van der Waals surface area (Å²) in [4.78, 5) is 0. The molecule has 3 nitrogen and oxygen atoms in total. The van der Waals surface area contributed by atoms with E-state index in [1.807, 2.05) is 7.05 Å². The molecule has 0 amide bonds. The predicted molar refractivity (Wildman–Crippen MR) is 82.0 cm³/mol. The maximum absolute atomic E-state index is 5.53. The molecule has 108 valence electrons. The van der Waals surface area contributed by atoms with Gasteiger partial charge in [0.05, 0.1) is 7.11 Å². The molecule has 1 aromatic rings. The zero-order valence-corrected chi connectivity index (χ0v) is 13.1. The van der Waals surface area contributed by atoms with Gasteiger partial charge in [0.1, 0.15) is 5.75 Å². The van der Waals surface area contributed by atoms with Gasteiger partial charge in [0, 0.05) is 24.2 Å². The van der Waals surface area contributed by atoms with Crippen molar-refractivity contribution in [2.45, 2.75) is 39.0 Å². The molecule has 0 aliphatic rings. The number of hydrogen-bond acceptors (Lipinski definition) is 3. The van der Waals surface area contributed by atoms with E-state index in [1.54, 1.807) is 7.11 Å². The summed E-state index contributed by atoms with van der Waals surface area (Å²) in [7, 11) is 3.69. The minimum atomic E-state index is 0.0348. The fourth-order valence-corrected chi connectivity index (χ4v) is 2.21. The minimum absolute atomic E-state index is 0.0348. The quantitative estimate of drug-likeness (QED) is 0.587. The standard InChI is InChI=1S/C16H28N2O/c1-12(2)13-7-8-15(19-6)14(9-13)16(3,4)10-18-11-17-5/h7-9,12,17-18H,10-11H2,1-6H3. The molecule has 0 aromatic heterocycles. The fraction of sp³-hybridized carbons (Fsp3) is 0.625. The van der Waals surface area contributed by atoms with Crippen molar-refractivity contribution in [3.63, 3.8) is 0 Å². The molecular formula is C16H28N2O. The Balaban J connectivity index is 3.03. The van der Waals surface area contributed by atoms with Gasteiger partial charge in [0.2, 0.25) is 0 Å². The van der Waals surface area contributed by atoms with E-state index in [4.69, 9.17) is 4.74 Å². The van der Waals surface area contributed by atoms with Crippen LogP contribution in [0.5, 0.6) is 5.75 Å². The zero-order chi connectivity index (χ0) is 14.5. The lowest BCUT2D eigenvalue weighted by Gasteiger charge is -2.28. The molecule has 1 rings (SSSR count). The Bertz CT molecular complexity index is 400. The lowest BCUT2D eigenvalue weighted by atomic mass is 9.82. The van der Waals surface area contributed by atoms with E-state index in [0.29, 0.717) is 5.92 Å². The second kappa shape index (κ2) is 6.92. The first-order valence-corrected chi connectivity index (χ1v) is 6.96. The van der Waals surface area contributed by atoms with Gasteiger partial charge < -0.3 is 15.4 Å². The first-order chi connectivity index (χ1) is 8.92. The number of rotatable bonds is 7. The highest BCUT2D eigenvalue weighted by Gasteiger charge is 2.24. The van der Waals surface area contributed by atoms with Crippen molar-refractivity contribution >= 4 is 0 Å². The number of nitrogens with one attached hydrogen (secondary N) is 2. The SMILES string of the molecule is CNCNCC(C)(C)c1cc(C(C)C)ccc1OC. The van der Waals surface area contributed by atoms with Gasteiger partial charge in [0.15, 0.2) is 0 Å². The fourth-order valence-electron chi connectivity index (χ4n) is 2.21. The highest BCUT2D eigenvalue weighted by Crippen LogP contribution is 2.33. The monoisotopic (exact) mass is 264 g/mol. The first kappa shape index (κ1) is 16.0. The van der Waals surface area contributed by atoms with Gasteiger partial charge in [-0.15, -0.1) is 0 Å². The largest absolute Gasteiger partial charge is 0.496 e. The summed E-state index contributed by atoms with van der Waals surface area (Å²) in [5.74, 6) is 1.51. The maximum atomic E-state index is 5.53. The molecule has 0 radical (unpaired) electrons. The average Bonchev–Trinajstić information content (AvgIpc) is 2.38. The molecular weight excluding hydrogens is 236 g/mol. The molecule has 0 bridgehead atoms. The smallest absolute Gasteiger partial charge is 0.122 e. The van der Waals surface area contributed by atoms with Crippen LogP contribution in [0, 0.1) is 0 Å². The molecule has 0 saturated heterocycles. The van der Waals surface area contributed by atoms with E-state index in [0.717, 1.165) is 19.0 Å². The van der Waals surface area contributed by atoms with Crippen LogP contribution >= 0.6 is 0 Å². The molecule has 0 fully saturated rings. The van der Waals surface area contributed by atoms with E-state index < -0.39 is 0 Å². The van der Waals surface area contributed by atoms with Gasteiger partial charge in [-0.2, -0.15) is 0 Å². The summed E-state index contributed by atoms with van der Waals surface area (Å²) >= 11 is 0. The number of methoxy groups -OCH3 is 1. The molecule has 0 saturated carbocycles. The number of hydrogen-bond donors (Lipinski definition) is 2. The minimum Gasteiger partial charge on any atom is -0.496 e. The Labute approximate surface area is 117 Å². The first-order valence-electron chi connectivity index (χ1n) is 6.96. The van der Waals surface area contributed by atoms with Crippen molar-refractivity contribution in [2.24, 2.45) is 0 Å². The van der Waals surface area contributed by atoms with E-state index >= 15 is 0 Å². The Morgan fingerprint density at radius 1 is 1.26 bits per heavy atom. The van der Waals surface area contributed by atoms with Crippen LogP contribution in [0.4, 0.5) is 0 Å². The van der Waals surface area contributed by atoms with Crippen LogP contribution in [0.3, 0.4) is 0 Å². The second-order valence-electron chi connectivity index (χ2n) is 5.96. The van der Waals surface area contributed by atoms with Gasteiger partial charge in [-0.3, -0.25) is 0 Å². The number of ether oxygens (including phenoxy) is 1. The van der Waals surface area contributed by atoms with Crippen LogP contribution in [0.25, 0.3) is 0 Å². The maximum Gasteiger partial charge on any atom is 0.122 e. The van der Waals surface area contributed by atoms with Crippen LogP contribution < -0.4 is 15.4 Å². The van der Waals surface area contributed by atoms with E-state index in [9.17, 15) is 0 Å². The van der Waals surface area contributed by atoms with Crippen LogP contribution in [-0.2, 0) is 5.41 Å². The Morgan fingerprint density at radius 3 is 2.47 bits per heavy atom. The molecule has 0 spiro atoms. The third-order valence-corrected chi connectivity index (χ3v) is 3.49. The summed E-state index contributed by atoms with van der Waals surface area (Å²) in [6.07, 6.45) is 0. The van der Waals surface area contributed by atoms with Crippen LogP contribution in [-0.4, -0.2) is 27.4 Å². The summed E-state index contributed by atoms with van der Waals surface area (Å²) in [6.45, 7) is 10.7. The van der Waals surface area contributed by atoms with Gasteiger partial charge in [-0.05, 0) is 24.6 Å². The van der Waals surface area contributed by atoms with Crippen LogP contribution in [0.1, 0.15) is 44.7 Å². The topological polar surface area (TPSA) is 33.3 Å². The number of benzene rings is 1. The summed E-state index contributed by atoms with van der Waals surface area (Å²) in [6, 6.07) is 6.53. The Morgan fingerprint density at radius 2 is 1.95 bits per heavy atom. The van der Waals surface area contributed by atoms with Crippen molar-refractivity contribution < 1.29 is 4.74 Å². The van der Waals surface area contributed by atoms with E-state index in [-0.39, 0.29) is 5.41 Å². The Hall–Kier alpha value is -1.06. The molecule has 3 heteroatoms. The molecule has 19 heavy (non-hydrogen) atoms. The highest BCUT2D eigenvalue weighted by atomic mass is 16.5. The third kappa shape index (κ3) is 4.22. The van der Waals surface area contributed by atoms with Gasteiger partial charge in [-0.25, -0.2) is 0 Å². The summed E-state index contributed by atoms with van der Waals surface area (Å²) in [5.41, 5.74) is 2.66. The third-order valence-electron chi connectivity index (χ3n) is 3.49. The van der Waals surface area contributed by atoms with Crippen molar-refractivity contribution in [3.05, 3.63) is 29.3 Å². The zero-order valence-electron chi connectivity index (χ0n) is 13.1. The van der Waals surface area contributed by atoms with E-state index in [2.05, 4.69) is 56.5 Å². The molecule has 1 aromatic carbocycles. The lowest BCUT2D eigenvalue weighted by Crippen LogP contribution is -2.37. The molecule has 2 N–H and O–H groups in total. The normalized spacial score (nSPS) is 11.9. The van der Waals surface area contributed by atoms with Crippen molar-refractivity contribution in [1.82, 2.24) is 10.6 Å². The van der Waals surface area contributed by atoms with Gasteiger partial charge >= 0.3 is 0 Å². The second-order valence-corrected chi connectivity index (χ2v) is 5.96. The molecule has 0 aliphatic heterocycles. The highest BCUT2D eigenvalue weighted by molar-refractivity contribution is 5.43. The van der Waals surface area contributed by atoms with E-state index in [1.165, 1.54) is 11.1 Å². The van der Waals surface area contributed by atoms with Crippen molar-refractivity contribution in [3.8, 4) is 5.75 Å². The lowest BCUT2D eigenvalue weighted by molar-refractivity contribution is 0.384. The average molecular weight is 264 g/mol. The van der Waals surface area contributed by atoms with Gasteiger partial charge in [-0.1, -0.05) is 39.8 Å². The molecule has 0 heterocycles. The molecule has 0 aliphatic carbocycles. The Kier molecular flexibility index (Phi) is 5.83.